The molecule has 0 spiro atoms. The molecule has 1 rings (SSSR count). The number of nitrogens with two attached hydrogens (primary N) is 1. The Balaban J connectivity index is 2.95. The molecule has 0 bridgehead atoms. The Morgan fingerprint density at radius 3 is 2.03 bits per heavy atom. The minimum Gasteiger partial charge on any atom is -0.481 e. The highest BCUT2D eigenvalue weighted by Gasteiger charge is 2.30. The van der Waals surface area contributed by atoms with Gasteiger partial charge < -0.3 is 31.9 Å². The molecular formula is C20H28N4O7. The van der Waals surface area contributed by atoms with E-state index in [-0.39, 0.29) is 6.42 Å². The Labute approximate surface area is 179 Å². The molecular weight excluding hydrogens is 408 g/mol. The molecule has 0 aromatic heterocycles. The average Bonchev–Trinajstić information content (AvgIpc) is 2.69. The fraction of sp³-hybridized carbons (Fsp3) is 0.450. The van der Waals surface area contributed by atoms with Crippen LogP contribution in [-0.4, -0.2) is 64.5 Å². The van der Waals surface area contributed by atoms with Gasteiger partial charge in [-0.1, -0.05) is 44.2 Å². The molecule has 0 saturated heterocycles. The minimum absolute atomic E-state index is 0.0926. The highest BCUT2D eigenvalue weighted by Crippen LogP contribution is 2.07. The van der Waals surface area contributed by atoms with Gasteiger partial charge in [-0.2, -0.15) is 0 Å². The van der Waals surface area contributed by atoms with Gasteiger partial charge in [-0.05, 0) is 11.5 Å². The van der Waals surface area contributed by atoms with Gasteiger partial charge in [-0.25, -0.2) is 0 Å². The third-order valence-corrected chi connectivity index (χ3v) is 4.31. The quantitative estimate of drug-likeness (QED) is 0.237. The molecule has 7 N–H and O–H groups in total. The van der Waals surface area contributed by atoms with E-state index in [9.17, 15) is 24.0 Å². The number of carbonyl (C=O) groups excluding carboxylic acids is 3. The maximum Gasteiger partial charge on any atom is 0.322 e. The van der Waals surface area contributed by atoms with Crippen LogP contribution in [0.5, 0.6) is 0 Å². The number of carbonyl (C=O) groups is 5. The van der Waals surface area contributed by atoms with Crippen LogP contribution in [0.2, 0.25) is 0 Å². The van der Waals surface area contributed by atoms with Crippen molar-refractivity contribution in [3.05, 3.63) is 35.9 Å². The summed E-state index contributed by atoms with van der Waals surface area (Å²) in [4.78, 5) is 59.0. The molecule has 0 aliphatic rings. The molecule has 0 heterocycles. The number of amides is 3. The summed E-state index contributed by atoms with van der Waals surface area (Å²) < 4.78 is 0. The number of aliphatic carboxylic acids is 2. The van der Waals surface area contributed by atoms with E-state index in [1.54, 1.807) is 44.2 Å². The van der Waals surface area contributed by atoms with Gasteiger partial charge in [0.25, 0.3) is 0 Å². The smallest absolute Gasteiger partial charge is 0.322 e. The van der Waals surface area contributed by atoms with E-state index in [2.05, 4.69) is 16.0 Å². The van der Waals surface area contributed by atoms with E-state index in [0.717, 1.165) is 5.56 Å². The highest BCUT2D eigenvalue weighted by atomic mass is 16.4. The number of rotatable bonds is 12. The lowest BCUT2D eigenvalue weighted by molar-refractivity contribution is -0.140. The van der Waals surface area contributed by atoms with Crippen molar-refractivity contribution in [3.8, 4) is 0 Å². The molecule has 11 heteroatoms. The Morgan fingerprint density at radius 2 is 1.52 bits per heavy atom. The van der Waals surface area contributed by atoms with Crippen molar-refractivity contribution in [1.82, 2.24) is 16.0 Å². The summed E-state index contributed by atoms with van der Waals surface area (Å²) in [5.41, 5.74) is 6.27. The summed E-state index contributed by atoms with van der Waals surface area (Å²) in [5.74, 6) is -5.09. The van der Waals surface area contributed by atoms with Gasteiger partial charge in [-0.3, -0.25) is 24.0 Å². The molecule has 0 fully saturated rings. The van der Waals surface area contributed by atoms with E-state index < -0.39 is 66.7 Å². The Hall–Kier alpha value is -3.47. The number of hydrogen-bond donors (Lipinski definition) is 6. The van der Waals surface area contributed by atoms with Crippen molar-refractivity contribution in [2.24, 2.45) is 11.7 Å². The van der Waals surface area contributed by atoms with Gasteiger partial charge >= 0.3 is 11.9 Å². The predicted octanol–water partition coefficient (Wildman–Crippen LogP) is -1.14. The van der Waals surface area contributed by atoms with Gasteiger partial charge in [0.05, 0.1) is 12.5 Å². The molecule has 3 unspecified atom stereocenters. The lowest BCUT2D eigenvalue weighted by Crippen LogP contribution is -2.58. The van der Waals surface area contributed by atoms with Crippen LogP contribution >= 0.6 is 0 Å². The number of hydrogen-bond acceptors (Lipinski definition) is 6. The SMILES string of the molecule is CC(C)C(NC(=O)C(N)CC(=O)O)C(=O)NC(Cc1ccccc1)C(=O)NCC(=O)O. The van der Waals surface area contributed by atoms with Crippen LogP contribution in [-0.2, 0) is 30.4 Å². The number of benzene rings is 1. The summed E-state index contributed by atoms with van der Waals surface area (Å²) in [5, 5.41) is 24.7. The molecule has 0 aliphatic heterocycles. The average molecular weight is 436 g/mol. The Bertz CT molecular complexity index is 798. The van der Waals surface area contributed by atoms with Gasteiger partial charge in [0.15, 0.2) is 0 Å². The normalized spacial score (nSPS) is 13.5. The van der Waals surface area contributed by atoms with E-state index in [1.807, 2.05) is 0 Å². The predicted molar refractivity (Wildman–Crippen MR) is 110 cm³/mol. The molecule has 0 radical (unpaired) electrons. The summed E-state index contributed by atoms with van der Waals surface area (Å²) in [7, 11) is 0. The molecule has 0 saturated carbocycles. The summed E-state index contributed by atoms with van der Waals surface area (Å²) >= 11 is 0. The first-order chi connectivity index (χ1) is 14.5. The molecule has 31 heavy (non-hydrogen) atoms. The van der Waals surface area contributed by atoms with Crippen LogP contribution < -0.4 is 21.7 Å². The second kappa shape index (κ2) is 12.3. The van der Waals surface area contributed by atoms with E-state index in [1.165, 1.54) is 0 Å². The van der Waals surface area contributed by atoms with Gasteiger partial charge in [0, 0.05) is 6.42 Å². The molecule has 11 nitrogen and oxygen atoms in total. The third-order valence-electron chi connectivity index (χ3n) is 4.31. The standard InChI is InChI=1S/C20H28N4O7/c1-11(2)17(24-18(29)13(21)9-15(25)26)20(31)23-14(19(30)22-10-16(27)28)8-12-6-4-3-5-7-12/h3-7,11,13-14,17H,8-10,21H2,1-2H3,(H,22,30)(H,23,31)(H,24,29)(H,25,26)(H,27,28). The molecule has 3 amide bonds. The number of carboxylic acid groups (broad SMARTS) is 2. The first-order valence-corrected chi connectivity index (χ1v) is 9.62. The monoisotopic (exact) mass is 436 g/mol. The topological polar surface area (TPSA) is 188 Å². The lowest BCUT2D eigenvalue weighted by Gasteiger charge is -2.26. The summed E-state index contributed by atoms with van der Waals surface area (Å²) in [6.45, 7) is 2.70. The Morgan fingerprint density at radius 1 is 0.903 bits per heavy atom. The molecule has 1 aromatic carbocycles. The molecule has 170 valence electrons. The maximum absolute atomic E-state index is 12.8. The maximum atomic E-state index is 12.8. The molecule has 0 aliphatic carbocycles. The van der Waals surface area contributed by atoms with Crippen LogP contribution in [0.1, 0.15) is 25.8 Å². The van der Waals surface area contributed by atoms with Crippen molar-refractivity contribution in [2.75, 3.05) is 6.54 Å². The molecule has 3 atom stereocenters. The van der Waals surface area contributed by atoms with Crippen LogP contribution in [0.3, 0.4) is 0 Å². The summed E-state index contributed by atoms with van der Waals surface area (Å²) in [6, 6.07) is 5.26. The van der Waals surface area contributed by atoms with Gasteiger partial charge in [0.2, 0.25) is 17.7 Å². The molecule has 1 aromatic rings. The highest BCUT2D eigenvalue weighted by molar-refractivity contribution is 5.94. The Kier molecular flexibility index (Phi) is 10.1. The zero-order valence-corrected chi connectivity index (χ0v) is 17.3. The van der Waals surface area contributed by atoms with Crippen molar-refractivity contribution in [1.29, 1.82) is 0 Å². The second-order valence-corrected chi connectivity index (χ2v) is 7.30. The zero-order chi connectivity index (χ0) is 23.6. The van der Waals surface area contributed by atoms with Crippen molar-refractivity contribution in [3.63, 3.8) is 0 Å². The van der Waals surface area contributed by atoms with E-state index in [4.69, 9.17) is 15.9 Å². The van der Waals surface area contributed by atoms with Gasteiger partial charge in [-0.15, -0.1) is 0 Å². The van der Waals surface area contributed by atoms with Crippen LogP contribution in [0.15, 0.2) is 30.3 Å². The zero-order valence-electron chi connectivity index (χ0n) is 17.3. The third kappa shape index (κ3) is 9.26. The van der Waals surface area contributed by atoms with E-state index in [0.29, 0.717) is 0 Å². The van der Waals surface area contributed by atoms with Crippen LogP contribution in [0.4, 0.5) is 0 Å². The van der Waals surface area contributed by atoms with Crippen molar-refractivity contribution < 1.29 is 34.2 Å². The first kappa shape index (κ1) is 25.6. The first-order valence-electron chi connectivity index (χ1n) is 9.62. The van der Waals surface area contributed by atoms with Crippen LogP contribution in [0.25, 0.3) is 0 Å². The second-order valence-electron chi connectivity index (χ2n) is 7.30. The van der Waals surface area contributed by atoms with Crippen molar-refractivity contribution in [2.45, 2.75) is 44.8 Å². The minimum atomic E-state index is -1.34. The van der Waals surface area contributed by atoms with Crippen molar-refractivity contribution >= 4 is 29.7 Å². The van der Waals surface area contributed by atoms with E-state index >= 15 is 0 Å². The fourth-order valence-corrected chi connectivity index (χ4v) is 2.68. The largest absolute Gasteiger partial charge is 0.481 e. The summed E-state index contributed by atoms with van der Waals surface area (Å²) in [6.07, 6.45) is -0.512. The van der Waals surface area contributed by atoms with Gasteiger partial charge in [0.1, 0.15) is 18.6 Å². The number of carboxylic acids is 2. The number of nitrogens with one attached hydrogen (secondary N) is 3. The lowest BCUT2D eigenvalue weighted by atomic mass is 10.0. The van der Waals surface area contributed by atoms with Crippen LogP contribution in [0, 0.1) is 5.92 Å². The fourth-order valence-electron chi connectivity index (χ4n) is 2.68.